The Balaban J connectivity index is 2.04. The molecule has 3 rings (SSSR count). The van der Waals surface area contributed by atoms with Gasteiger partial charge in [-0.25, -0.2) is 0 Å². The summed E-state index contributed by atoms with van der Waals surface area (Å²) in [7, 11) is 0. The van der Waals surface area contributed by atoms with Crippen LogP contribution >= 0.6 is 0 Å². The highest BCUT2D eigenvalue weighted by Crippen LogP contribution is 2.37. The molecule has 1 aliphatic carbocycles. The quantitative estimate of drug-likeness (QED) is 0.789. The minimum absolute atomic E-state index is 0.242. The van der Waals surface area contributed by atoms with Crippen LogP contribution in [0.15, 0.2) is 36.4 Å². The maximum atomic E-state index is 11.7. The van der Waals surface area contributed by atoms with Crippen LogP contribution in [0, 0.1) is 0 Å². The molecule has 0 aliphatic heterocycles. The van der Waals surface area contributed by atoms with E-state index in [4.69, 9.17) is 5.73 Å². The van der Waals surface area contributed by atoms with E-state index in [2.05, 4.69) is 64.1 Å². The molecule has 0 saturated carbocycles. The molecular formula is C24H31NO. The fourth-order valence-electron chi connectivity index (χ4n) is 4.37. The summed E-state index contributed by atoms with van der Waals surface area (Å²) in [5.74, 6) is 1.09. The summed E-state index contributed by atoms with van der Waals surface area (Å²) in [6.07, 6.45) is 3.80. The molecule has 0 aromatic heterocycles. The van der Waals surface area contributed by atoms with E-state index in [1.165, 1.54) is 34.2 Å². The van der Waals surface area contributed by atoms with Gasteiger partial charge in [-0.2, -0.15) is 0 Å². The summed E-state index contributed by atoms with van der Waals surface area (Å²) >= 11 is 0. The van der Waals surface area contributed by atoms with Crippen molar-refractivity contribution in [3.05, 3.63) is 69.8 Å². The van der Waals surface area contributed by atoms with E-state index in [1.54, 1.807) is 0 Å². The number of primary amides is 1. The largest absolute Gasteiger partial charge is 0.369 e. The van der Waals surface area contributed by atoms with E-state index < -0.39 is 0 Å². The van der Waals surface area contributed by atoms with Gasteiger partial charge in [0.1, 0.15) is 0 Å². The minimum atomic E-state index is -0.242. The molecule has 2 aromatic rings. The van der Waals surface area contributed by atoms with Gasteiger partial charge in [0.05, 0.1) is 6.42 Å². The molecule has 0 saturated heterocycles. The van der Waals surface area contributed by atoms with Crippen molar-refractivity contribution in [2.45, 2.75) is 71.1 Å². The van der Waals surface area contributed by atoms with Crippen LogP contribution < -0.4 is 5.73 Å². The Morgan fingerprint density at radius 1 is 1.04 bits per heavy atom. The van der Waals surface area contributed by atoms with E-state index in [1.807, 2.05) is 0 Å². The van der Waals surface area contributed by atoms with Gasteiger partial charge >= 0.3 is 0 Å². The van der Waals surface area contributed by atoms with Gasteiger partial charge < -0.3 is 5.73 Å². The first kappa shape index (κ1) is 18.7. The number of fused-ring (bicyclic) bond motifs is 1. The van der Waals surface area contributed by atoms with Gasteiger partial charge in [0.2, 0.25) is 5.91 Å². The highest BCUT2D eigenvalue weighted by Gasteiger charge is 2.24. The summed E-state index contributed by atoms with van der Waals surface area (Å²) in [5.41, 5.74) is 13.7. The lowest BCUT2D eigenvalue weighted by molar-refractivity contribution is -0.117. The van der Waals surface area contributed by atoms with Gasteiger partial charge in [-0.1, -0.05) is 64.1 Å². The van der Waals surface area contributed by atoms with Crippen LogP contribution in [0.4, 0.5) is 0 Å². The maximum absolute atomic E-state index is 11.7. The Morgan fingerprint density at radius 2 is 1.62 bits per heavy atom. The monoisotopic (exact) mass is 349 g/mol. The van der Waals surface area contributed by atoms with Crippen LogP contribution in [0.1, 0.15) is 85.3 Å². The van der Waals surface area contributed by atoms with Crippen molar-refractivity contribution in [3.8, 4) is 0 Å². The Labute approximate surface area is 157 Å². The average Bonchev–Trinajstić information content (AvgIpc) is 2.60. The molecule has 2 N–H and O–H groups in total. The van der Waals surface area contributed by atoms with E-state index >= 15 is 0 Å². The minimum Gasteiger partial charge on any atom is -0.369 e. The molecule has 138 valence electrons. The molecule has 0 radical (unpaired) electrons. The third kappa shape index (κ3) is 3.85. The highest BCUT2D eigenvalue weighted by molar-refractivity contribution is 5.77. The molecule has 2 nitrogen and oxygen atoms in total. The smallest absolute Gasteiger partial charge is 0.221 e. The maximum Gasteiger partial charge on any atom is 0.221 e. The van der Waals surface area contributed by atoms with Crippen molar-refractivity contribution >= 4 is 5.91 Å². The third-order valence-corrected chi connectivity index (χ3v) is 5.75. The van der Waals surface area contributed by atoms with E-state index in [0.717, 1.165) is 18.4 Å². The van der Waals surface area contributed by atoms with Crippen LogP contribution in [0.5, 0.6) is 0 Å². The Kier molecular flexibility index (Phi) is 5.50. The van der Waals surface area contributed by atoms with Gasteiger partial charge in [0.25, 0.3) is 0 Å². The number of rotatable bonds is 5. The summed E-state index contributed by atoms with van der Waals surface area (Å²) in [6.45, 7) is 8.85. The molecule has 2 aromatic carbocycles. The van der Waals surface area contributed by atoms with Crippen molar-refractivity contribution in [2.24, 2.45) is 5.73 Å². The number of hydrogen-bond donors (Lipinski definition) is 1. The number of aryl methyl sites for hydroxylation is 1. The van der Waals surface area contributed by atoms with Gasteiger partial charge in [-0.15, -0.1) is 0 Å². The summed E-state index contributed by atoms with van der Waals surface area (Å²) in [5, 5.41) is 0. The van der Waals surface area contributed by atoms with Crippen molar-refractivity contribution < 1.29 is 4.79 Å². The number of benzene rings is 2. The van der Waals surface area contributed by atoms with Crippen LogP contribution in [-0.2, 0) is 24.1 Å². The first-order valence-electron chi connectivity index (χ1n) is 9.88. The molecule has 2 heteroatoms. The van der Waals surface area contributed by atoms with E-state index in [-0.39, 0.29) is 5.91 Å². The second kappa shape index (κ2) is 7.65. The Morgan fingerprint density at radius 3 is 2.15 bits per heavy atom. The molecule has 1 aliphatic rings. The van der Waals surface area contributed by atoms with Gasteiger partial charge in [0, 0.05) is 0 Å². The van der Waals surface area contributed by atoms with Gasteiger partial charge in [0.15, 0.2) is 0 Å². The summed E-state index contributed by atoms with van der Waals surface area (Å²) in [4.78, 5) is 11.7. The summed E-state index contributed by atoms with van der Waals surface area (Å²) < 4.78 is 0. The van der Waals surface area contributed by atoms with Gasteiger partial charge in [-0.05, 0) is 70.4 Å². The topological polar surface area (TPSA) is 43.1 Å². The first-order valence-corrected chi connectivity index (χ1v) is 9.88. The zero-order chi connectivity index (χ0) is 18.8. The van der Waals surface area contributed by atoms with Crippen molar-refractivity contribution in [2.75, 3.05) is 0 Å². The SMILES string of the molecule is CC(C)c1cc(C2CCc3ccccc3C2)cc(C(C)C)c1CC(N)=O. The average molecular weight is 350 g/mol. The Bertz CT molecular complexity index is 775. The number of carbonyl (C=O) groups excluding carboxylic acids is 1. The molecule has 26 heavy (non-hydrogen) atoms. The number of carbonyl (C=O) groups is 1. The fraction of sp³-hybridized carbons (Fsp3) is 0.458. The normalized spacial score (nSPS) is 16.8. The lowest BCUT2D eigenvalue weighted by Gasteiger charge is -2.28. The zero-order valence-corrected chi connectivity index (χ0v) is 16.5. The molecule has 0 spiro atoms. The predicted octanol–water partition coefficient (Wildman–Crippen LogP) is 5.23. The lowest BCUT2D eigenvalue weighted by Crippen LogP contribution is -2.19. The van der Waals surface area contributed by atoms with E-state index in [0.29, 0.717) is 24.2 Å². The lowest BCUT2D eigenvalue weighted by atomic mass is 9.77. The highest BCUT2D eigenvalue weighted by atomic mass is 16.1. The van der Waals surface area contributed by atoms with Crippen LogP contribution in [-0.4, -0.2) is 5.91 Å². The van der Waals surface area contributed by atoms with E-state index in [9.17, 15) is 4.79 Å². The van der Waals surface area contributed by atoms with Crippen molar-refractivity contribution in [1.29, 1.82) is 0 Å². The first-order chi connectivity index (χ1) is 12.4. The van der Waals surface area contributed by atoms with Gasteiger partial charge in [-0.3, -0.25) is 4.79 Å². The second-order valence-corrected chi connectivity index (χ2v) is 8.34. The zero-order valence-electron chi connectivity index (χ0n) is 16.5. The standard InChI is InChI=1S/C24H31NO/c1-15(2)21-12-20(13-22(16(3)4)23(21)14-24(25)26)19-10-9-17-7-5-6-8-18(17)11-19/h5-8,12-13,15-16,19H,9-11,14H2,1-4H3,(H2,25,26). The number of nitrogens with two attached hydrogens (primary N) is 1. The molecule has 1 atom stereocenters. The second-order valence-electron chi connectivity index (χ2n) is 8.34. The summed E-state index contributed by atoms with van der Waals surface area (Å²) in [6, 6.07) is 13.5. The number of amides is 1. The number of hydrogen-bond acceptors (Lipinski definition) is 1. The van der Waals surface area contributed by atoms with Crippen molar-refractivity contribution in [3.63, 3.8) is 0 Å². The predicted molar refractivity (Wildman–Crippen MR) is 109 cm³/mol. The van der Waals surface area contributed by atoms with Crippen LogP contribution in [0.3, 0.4) is 0 Å². The molecule has 0 bridgehead atoms. The molecular weight excluding hydrogens is 318 g/mol. The van der Waals surface area contributed by atoms with Crippen molar-refractivity contribution in [1.82, 2.24) is 0 Å². The third-order valence-electron chi connectivity index (χ3n) is 5.75. The van der Waals surface area contributed by atoms with Crippen LogP contribution in [0.2, 0.25) is 0 Å². The molecule has 1 amide bonds. The Hall–Kier alpha value is -2.09. The molecule has 0 heterocycles. The van der Waals surface area contributed by atoms with Crippen LogP contribution in [0.25, 0.3) is 0 Å². The molecule has 1 unspecified atom stereocenters. The fourth-order valence-corrected chi connectivity index (χ4v) is 4.37. The molecule has 0 fully saturated rings.